The van der Waals surface area contributed by atoms with Crippen LogP contribution in [0.15, 0.2) is 18.2 Å². The Labute approximate surface area is 116 Å². The number of rotatable bonds is 5. The van der Waals surface area contributed by atoms with Crippen LogP contribution in [-0.4, -0.2) is 32.1 Å². The number of nitrogens with zero attached hydrogens (tertiary/aromatic N) is 1. The maximum Gasteiger partial charge on any atom is 0.123 e. The fraction of sp³-hybridized carbons (Fsp3) is 0.625. The molecule has 1 aromatic rings. The van der Waals surface area contributed by atoms with Gasteiger partial charge in [-0.1, -0.05) is 13.0 Å². The predicted molar refractivity (Wildman–Crippen MR) is 79.5 cm³/mol. The number of hydrogen-bond acceptors (Lipinski definition) is 3. The van der Waals surface area contributed by atoms with Crippen molar-refractivity contribution in [1.82, 2.24) is 10.2 Å². The van der Waals surface area contributed by atoms with Crippen LogP contribution in [0.5, 0.6) is 5.75 Å². The highest BCUT2D eigenvalue weighted by Crippen LogP contribution is 2.26. The van der Waals surface area contributed by atoms with Crippen LogP contribution in [0.2, 0.25) is 0 Å². The molecule has 3 heteroatoms. The second-order valence-electron chi connectivity index (χ2n) is 5.71. The highest BCUT2D eigenvalue weighted by atomic mass is 16.5. The molecule has 1 aliphatic heterocycles. The fourth-order valence-corrected chi connectivity index (χ4v) is 2.77. The number of hydrogen-bond donors (Lipinski definition) is 1. The second kappa shape index (κ2) is 6.40. The molecular formula is C16H26N2O. The minimum absolute atomic E-state index is 0.377. The Hall–Kier alpha value is -1.06. The van der Waals surface area contributed by atoms with Gasteiger partial charge >= 0.3 is 0 Å². The van der Waals surface area contributed by atoms with Gasteiger partial charge in [0.15, 0.2) is 0 Å². The topological polar surface area (TPSA) is 24.5 Å². The molecule has 0 spiro atoms. The molecule has 106 valence electrons. The lowest BCUT2D eigenvalue weighted by Gasteiger charge is -2.19. The quantitative estimate of drug-likeness (QED) is 0.883. The Morgan fingerprint density at radius 2 is 2.26 bits per heavy atom. The van der Waals surface area contributed by atoms with Crippen LogP contribution in [0.25, 0.3) is 0 Å². The van der Waals surface area contributed by atoms with E-state index in [-0.39, 0.29) is 0 Å². The van der Waals surface area contributed by atoms with Crippen LogP contribution >= 0.6 is 0 Å². The summed E-state index contributed by atoms with van der Waals surface area (Å²) in [6, 6.07) is 6.90. The van der Waals surface area contributed by atoms with Gasteiger partial charge in [0.1, 0.15) is 5.75 Å². The number of ether oxygens (including phenoxy) is 1. The van der Waals surface area contributed by atoms with Gasteiger partial charge in [0.2, 0.25) is 0 Å². The van der Waals surface area contributed by atoms with Gasteiger partial charge in [-0.2, -0.15) is 0 Å². The van der Waals surface area contributed by atoms with E-state index in [1.165, 1.54) is 30.6 Å². The third-order valence-corrected chi connectivity index (χ3v) is 4.14. The molecule has 1 aromatic carbocycles. The van der Waals surface area contributed by atoms with Crippen LogP contribution < -0.4 is 10.1 Å². The summed E-state index contributed by atoms with van der Waals surface area (Å²) < 4.78 is 5.50. The summed E-state index contributed by atoms with van der Waals surface area (Å²) in [6.45, 7) is 7.92. The van der Waals surface area contributed by atoms with E-state index in [0.29, 0.717) is 6.04 Å². The van der Waals surface area contributed by atoms with Crippen molar-refractivity contribution in [3.63, 3.8) is 0 Å². The highest BCUT2D eigenvalue weighted by Gasteiger charge is 2.20. The van der Waals surface area contributed by atoms with E-state index in [1.54, 1.807) is 7.11 Å². The summed E-state index contributed by atoms with van der Waals surface area (Å²) in [5.41, 5.74) is 2.63. The van der Waals surface area contributed by atoms with Crippen molar-refractivity contribution in [2.24, 2.45) is 5.92 Å². The van der Waals surface area contributed by atoms with E-state index in [9.17, 15) is 0 Å². The first-order chi connectivity index (χ1) is 9.13. The van der Waals surface area contributed by atoms with E-state index in [4.69, 9.17) is 4.74 Å². The summed E-state index contributed by atoms with van der Waals surface area (Å²) in [4.78, 5) is 2.52. The molecule has 0 amide bonds. The van der Waals surface area contributed by atoms with Crippen molar-refractivity contribution >= 4 is 0 Å². The third-order valence-electron chi connectivity index (χ3n) is 4.14. The number of benzene rings is 1. The lowest BCUT2D eigenvalue weighted by atomic mass is 10.0. The average Bonchev–Trinajstić information content (AvgIpc) is 2.83. The maximum atomic E-state index is 5.50. The van der Waals surface area contributed by atoms with E-state index >= 15 is 0 Å². The van der Waals surface area contributed by atoms with Gasteiger partial charge < -0.3 is 10.1 Å². The lowest BCUT2D eigenvalue weighted by Crippen LogP contribution is -2.20. The second-order valence-corrected chi connectivity index (χ2v) is 5.71. The number of nitrogens with one attached hydrogen (secondary N) is 1. The van der Waals surface area contributed by atoms with Gasteiger partial charge in [-0.3, -0.25) is 4.90 Å². The van der Waals surface area contributed by atoms with Crippen LogP contribution in [0.3, 0.4) is 0 Å². The highest BCUT2D eigenvalue weighted by molar-refractivity contribution is 5.38. The van der Waals surface area contributed by atoms with Crippen molar-refractivity contribution in [2.75, 3.05) is 27.2 Å². The standard InChI is InChI=1S/C16H26N2O/c1-12-7-8-18(10-12)11-15-9-14(13(2)17-3)5-6-16(15)19-4/h5-6,9,12-13,17H,7-8,10-11H2,1-4H3. The van der Waals surface area contributed by atoms with Gasteiger partial charge in [-0.15, -0.1) is 0 Å². The summed E-state index contributed by atoms with van der Waals surface area (Å²) in [5.74, 6) is 1.83. The number of likely N-dealkylation sites (tertiary alicyclic amines) is 1. The molecule has 1 N–H and O–H groups in total. The molecule has 0 saturated carbocycles. The lowest BCUT2D eigenvalue weighted by molar-refractivity contribution is 0.311. The molecule has 1 aliphatic rings. The Morgan fingerprint density at radius 3 is 2.84 bits per heavy atom. The van der Waals surface area contributed by atoms with Gasteiger partial charge in [0.25, 0.3) is 0 Å². The van der Waals surface area contributed by atoms with Crippen molar-refractivity contribution in [3.8, 4) is 5.75 Å². The zero-order valence-corrected chi connectivity index (χ0v) is 12.6. The SMILES string of the molecule is CNC(C)c1ccc(OC)c(CN2CCC(C)C2)c1. The van der Waals surface area contributed by atoms with E-state index in [0.717, 1.165) is 18.2 Å². The van der Waals surface area contributed by atoms with E-state index in [1.807, 2.05) is 7.05 Å². The van der Waals surface area contributed by atoms with Gasteiger partial charge in [-0.05, 0) is 50.6 Å². The summed E-state index contributed by atoms with van der Waals surface area (Å²) in [5, 5.41) is 3.29. The molecule has 0 radical (unpaired) electrons. The molecule has 2 rings (SSSR count). The Morgan fingerprint density at radius 1 is 1.47 bits per heavy atom. The zero-order valence-electron chi connectivity index (χ0n) is 12.6. The third kappa shape index (κ3) is 3.48. The molecule has 0 aliphatic carbocycles. The monoisotopic (exact) mass is 262 g/mol. The normalized spacial score (nSPS) is 21.6. The zero-order chi connectivity index (χ0) is 13.8. The van der Waals surface area contributed by atoms with Crippen molar-refractivity contribution in [1.29, 1.82) is 0 Å². The van der Waals surface area contributed by atoms with Crippen molar-refractivity contribution in [3.05, 3.63) is 29.3 Å². The largest absolute Gasteiger partial charge is 0.496 e. The molecular weight excluding hydrogens is 236 g/mol. The first-order valence-corrected chi connectivity index (χ1v) is 7.20. The van der Waals surface area contributed by atoms with Crippen molar-refractivity contribution in [2.45, 2.75) is 32.9 Å². The van der Waals surface area contributed by atoms with Gasteiger partial charge in [-0.25, -0.2) is 0 Å². The molecule has 2 atom stereocenters. The average molecular weight is 262 g/mol. The Bertz CT molecular complexity index is 419. The van der Waals surface area contributed by atoms with Crippen LogP contribution in [-0.2, 0) is 6.54 Å². The predicted octanol–water partition coefficient (Wildman–Crippen LogP) is 2.82. The van der Waals surface area contributed by atoms with Crippen LogP contribution in [0.1, 0.15) is 37.4 Å². The minimum atomic E-state index is 0.377. The fourth-order valence-electron chi connectivity index (χ4n) is 2.77. The summed E-state index contributed by atoms with van der Waals surface area (Å²) in [7, 11) is 3.75. The molecule has 1 heterocycles. The first kappa shape index (κ1) is 14.4. The first-order valence-electron chi connectivity index (χ1n) is 7.20. The smallest absolute Gasteiger partial charge is 0.123 e. The molecule has 1 saturated heterocycles. The molecule has 2 unspecified atom stereocenters. The van der Waals surface area contributed by atoms with Gasteiger partial charge in [0.05, 0.1) is 7.11 Å². The minimum Gasteiger partial charge on any atom is -0.496 e. The van der Waals surface area contributed by atoms with Gasteiger partial charge in [0, 0.05) is 24.7 Å². The molecule has 0 aromatic heterocycles. The van der Waals surface area contributed by atoms with E-state index < -0.39 is 0 Å². The molecule has 19 heavy (non-hydrogen) atoms. The molecule has 1 fully saturated rings. The molecule has 0 bridgehead atoms. The Balaban J connectivity index is 2.16. The van der Waals surface area contributed by atoms with Crippen molar-refractivity contribution < 1.29 is 4.74 Å². The summed E-state index contributed by atoms with van der Waals surface area (Å²) in [6.07, 6.45) is 1.31. The maximum absolute atomic E-state index is 5.50. The van der Waals surface area contributed by atoms with Crippen LogP contribution in [0, 0.1) is 5.92 Å². The van der Waals surface area contributed by atoms with E-state index in [2.05, 4.69) is 42.3 Å². The Kier molecular flexibility index (Phi) is 4.83. The molecule has 3 nitrogen and oxygen atoms in total. The van der Waals surface area contributed by atoms with Crippen LogP contribution in [0.4, 0.5) is 0 Å². The summed E-state index contributed by atoms with van der Waals surface area (Å²) >= 11 is 0. The number of methoxy groups -OCH3 is 1.